The highest BCUT2D eigenvalue weighted by Crippen LogP contribution is 2.15. The lowest BCUT2D eigenvalue weighted by Gasteiger charge is -2.11. The molecule has 0 saturated heterocycles. The molecule has 0 aliphatic heterocycles. The summed E-state index contributed by atoms with van der Waals surface area (Å²) in [7, 11) is 1.34. The van der Waals surface area contributed by atoms with Crippen LogP contribution in [0.5, 0.6) is 0 Å². The number of hydrogen-bond donors (Lipinski definition) is 1. The zero-order valence-electron chi connectivity index (χ0n) is 10.2. The van der Waals surface area contributed by atoms with Gasteiger partial charge in [0.1, 0.15) is 12.1 Å². The molecule has 0 bridgehead atoms. The summed E-state index contributed by atoms with van der Waals surface area (Å²) in [6.45, 7) is 2.15. The number of nitrogens with zero attached hydrogens (tertiary/aromatic N) is 2. The Kier molecular flexibility index (Phi) is 4.71. The van der Waals surface area contributed by atoms with Gasteiger partial charge in [0.05, 0.1) is 24.2 Å². The van der Waals surface area contributed by atoms with E-state index in [9.17, 15) is 4.79 Å². The number of benzene rings is 1. The zero-order chi connectivity index (χ0) is 13.5. The fourth-order valence-corrected chi connectivity index (χ4v) is 1.40. The summed E-state index contributed by atoms with van der Waals surface area (Å²) in [4.78, 5) is 11.2. The number of carbonyl (C=O) groups is 1. The molecule has 5 nitrogen and oxygen atoms in total. The maximum Gasteiger partial charge on any atom is 0.310 e. The Labute approximate surface area is 106 Å². The summed E-state index contributed by atoms with van der Waals surface area (Å²) in [5.41, 5.74) is 1.35. The van der Waals surface area contributed by atoms with E-state index in [1.807, 2.05) is 12.1 Å². The van der Waals surface area contributed by atoms with Gasteiger partial charge in [-0.2, -0.15) is 10.5 Å². The van der Waals surface area contributed by atoms with Crippen molar-refractivity contribution in [1.82, 2.24) is 0 Å². The molecule has 0 heterocycles. The van der Waals surface area contributed by atoms with Crippen molar-refractivity contribution in [1.29, 1.82) is 10.5 Å². The Morgan fingerprint density at radius 3 is 2.61 bits per heavy atom. The van der Waals surface area contributed by atoms with Crippen molar-refractivity contribution in [2.24, 2.45) is 5.92 Å². The minimum atomic E-state index is -0.295. The Morgan fingerprint density at radius 1 is 1.39 bits per heavy atom. The van der Waals surface area contributed by atoms with Crippen LogP contribution in [0.4, 0.5) is 5.69 Å². The summed E-state index contributed by atoms with van der Waals surface area (Å²) in [5, 5.41) is 20.7. The molecule has 18 heavy (non-hydrogen) atoms. The molecule has 1 N–H and O–H groups in total. The van der Waals surface area contributed by atoms with E-state index < -0.39 is 0 Å². The Balaban J connectivity index is 2.73. The lowest BCUT2D eigenvalue weighted by molar-refractivity contribution is -0.144. The molecule has 1 aromatic carbocycles. The standard InChI is InChI=1S/C13H13N3O2/c1-9(13(17)18-2)8-16-12-4-3-10(6-14)11(5-12)7-15/h3-5,9,16H,8H2,1-2H3. The van der Waals surface area contributed by atoms with Gasteiger partial charge in [-0.3, -0.25) is 4.79 Å². The topological polar surface area (TPSA) is 85.9 Å². The molecule has 5 heteroatoms. The van der Waals surface area contributed by atoms with E-state index in [0.29, 0.717) is 23.4 Å². The van der Waals surface area contributed by atoms with Crippen molar-refractivity contribution in [3.05, 3.63) is 29.3 Å². The van der Waals surface area contributed by atoms with E-state index in [4.69, 9.17) is 10.5 Å². The van der Waals surface area contributed by atoms with Gasteiger partial charge in [-0.25, -0.2) is 0 Å². The van der Waals surface area contributed by atoms with Crippen molar-refractivity contribution in [2.45, 2.75) is 6.92 Å². The summed E-state index contributed by atoms with van der Waals surface area (Å²) >= 11 is 0. The Hall–Kier alpha value is -2.53. The summed E-state index contributed by atoms with van der Waals surface area (Å²) in [6, 6.07) is 8.75. The quantitative estimate of drug-likeness (QED) is 0.812. The van der Waals surface area contributed by atoms with Gasteiger partial charge in [-0.15, -0.1) is 0 Å². The van der Waals surface area contributed by atoms with Gasteiger partial charge >= 0.3 is 5.97 Å². The van der Waals surface area contributed by atoms with Crippen molar-refractivity contribution in [3.63, 3.8) is 0 Å². The Bertz CT molecular complexity index is 526. The van der Waals surface area contributed by atoms with Crippen LogP contribution in [0.25, 0.3) is 0 Å². The van der Waals surface area contributed by atoms with E-state index in [-0.39, 0.29) is 11.9 Å². The maximum absolute atomic E-state index is 11.2. The fraction of sp³-hybridized carbons (Fsp3) is 0.308. The predicted octanol–water partition coefficient (Wildman–Crippen LogP) is 1.65. The largest absolute Gasteiger partial charge is 0.469 e. The van der Waals surface area contributed by atoms with Crippen LogP contribution in [0.2, 0.25) is 0 Å². The third-order valence-corrected chi connectivity index (χ3v) is 2.48. The van der Waals surface area contributed by atoms with Crippen LogP contribution in [0.3, 0.4) is 0 Å². The van der Waals surface area contributed by atoms with E-state index in [2.05, 4.69) is 10.1 Å². The van der Waals surface area contributed by atoms with Gasteiger partial charge < -0.3 is 10.1 Å². The number of hydrogen-bond acceptors (Lipinski definition) is 5. The first-order valence-corrected chi connectivity index (χ1v) is 5.38. The molecular weight excluding hydrogens is 230 g/mol. The molecule has 0 fully saturated rings. The second-order valence-electron chi connectivity index (χ2n) is 3.79. The molecule has 0 aromatic heterocycles. The molecule has 0 amide bonds. The van der Waals surface area contributed by atoms with Gasteiger partial charge in [0.15, 0.2) is 0 Å². The minimum Gasteiger partial charge on any atom is -0.469 e. The number of anilines is 1. The second-order valence-corrected chi connectivity index (χ2v) is 3.79. The lowest BCUT2D eigenvalue weighted by Crippen LogP contribution is -2.21. The molecule has 0 spiro atoms. The molecule has 0 radical (unpaired) electrons. The third-order valence-electron chi connectivity index (χ3n) is 2.48. The summed E-state index contributed by atoms with van der Waals surface area (Å²) in [5.74, 6) is -0.576. The highest BCUT2D eigenvalue weighted by molar-refractivity contribution is 5.72. The molecular formula is C13H13N3O2. The van der Waals surface area contributed by atoms with Crippen molar-refractivity contribution >= 4 is 11.7 Å². The highest BCUT2D eigenvalue weighted by Gasteiger charge is 2.12. The van der Waals surface area contributed by atoms with Crippen LogP contribution in [-0.2, 0) is 9.53 Å². The second kappa shape index (κ2) is 6.27. The minimum absolute atomic E-state index is 0.281. The highest BCUT2D eigenvalue weighted by atomic mass is 16.5. The molecule has 0 saturated carbocycles. The van der Waals surface area contributed by atoms with Crippen LogP contribution >= 0.6 is 0 Å². The number of methoxy groups -OCH3 is 1. The molecule has 0 aliphatic carbocycles. The average molecular weight is 243 g/mol. The van der Waals surface area contributed by atoms with Crippen molar-refractivity contribution in [2.75, 3.05) is 19.0 Å². The van der Waals surface area contributed by atoms with Gasteiger partial charge in [0, 0.05) is 12.2 Å². The first-order valence-electron chi connectivity index (χ1n) is 5.38. The smallest absolute Gasteiger partial charge is 0.310 e. The number of rotatable bonds is 4. The monoisotopic (exact) mass is 243 g/mol. The number of esters is 1. The molecule has 1 unspecified atom stereocenters. The number of carbonyl (C=O) groups excluding carboxylic acids is 1. The molecule has 0 aliphatic rings. The molecule has 1 aromatic rings. The maximum atomic E-state index is 11.2. The predicted molar refractivity (Wildman–Crippen MR) is 65.5 cm³/mol. The van der Waals surface area contributed by atoms with Crippen molar-refractivity contribution < 1.29 is 9.53 Å². The van der Waals surface area contributed by atoms with Crippen LogP contribution in [-0.4, -0.2) is 19.6 Å². The molecule has 92 valence electrons. The van der Waals surface area contributed by atoms with Gasteiger partial charge in [-0.1, -0.05) is 6.92 Å². The van der Waals surface area contributed by atoms with E-state index in [0.717, 1.165) is 0 Å². The van der Waals surface area contributed by atoms with Crippen LogP contribution in [0.15, 0.2) is 18.2 Å². The summed E-state index contributed by atoms with van der Waals surface area (Å²) in [6.07, 6.45) is 0. The number of ether oxygens (including phenoxy) is 1. The van der Waals surface area contributed by atoms with Crippen molar-refractivity contribution in [3.8, 4) is 12.1 Å². The summed E-state index contributed by atoms with van der Waals surface area (Å²) < 4.78 is 4.61. The van der Waals surface area contributed by atoms with E-state index >= 15 is 0 Å². The van der Waals surface area contributed by atoms with Crippen LogP contribution < -0.4 is 5.32 Å². The lowest BCUT2D eigenvalue weighted by atomic mass is 10.1. The zero-order valence-corrected chi connectivity index (χ0v) is 10.2. The Morgan fingerprint density at radius 2 is 2.06 bits per heavy atom. The first kappa shape index (κ1) is 13.5. The van der Waals surface area contributed by atoms with Crippen LogP contribution in [0, 0.1) is 28.6 Å². The van der Waals surface area contributed by atoms with E-state index in [1.54, 1.807) is 25.1 Å². The van der Waals surface area contributed by atoms with E-state index in [1.165, 1.54) is 7.11 Å². The third kappa shape index (κ3) is 3.23. The first-order chi connectivity index (χ1) is 8.62. The number of nitriles is 2. The van der Waals surface area contributed by atoms with Gasteiger partial charge in [0.2, 0.25) is 0 Å². The van der Waals surface area contributed by atoms with Gasteiger partial charge in [-0.05, 0) is 18.2 Å². The fourth-order valence-electron chi connectivity index (χ4n) is 1.40. The average Bonchev–Trinajstić information content (AvgIpc) is 2.43. The molecule has 1 atom stereocenters. The van der Waals surface area contributed by atoms with Crippen LogP contribution in [0.1, 0.15) is 18.1 Å². The molecule has 1 rings (SSSR count). The van der Waals surface area contributed by atoms with Gasteiger partial charge in [0.25, 0.3) is 0 Å². The normalized spacial score (nSPS) is 10.9. The SMILES string of the molecule is COC(=O)C(C)CNc1ccc(C#N)c(C#N)c1. The number of nitrogens with one attached hydrogen (secondary N) is 1.